The number of rotatable bonds is 1. The smallest absolute Gasteiger partial charge is 0.0355 e. The monoisotopic (exact) mass is 330 g/mol. The van der Waals surface area contributed by atoms with Crippen molar-refractivity contribution in [2.24, 2.45) is 0 Å². The summed E-state index contributed by atoms with van der Waals surface area (Å²) in [6.07, 6.45) is 0. The molecule has 5 rings (SSSR count). The third kappa shape index (κ3) is 2.18. The summed E-state index contributed by atoms with van der Waals surface area (Å²) in [6.45, 7) is 2.18. The Labute approximate surface area is 142 Å². The zero-order valence-electron chi connectivity index (χ0n) is 12.7. The van der Waals surface area contributed by atoms with Crippen molar-refractivity contribution in [2.75, 3.05) is 0 Å². The molecule has 0 aliphatic rings. The molecule has 0 radical (unpaired) electrons. The molecule has 0 N–H and O–H groups in total. The summed E-state index contributed by atoms with van der Waals surface area (Å²) in [5.74, 6) is 0. The van der Waals surface area contributed by atoms with Gasteiger partial charge in [-0.25, -0.2) is 0 Å². The van der Waals surface area contributed by atoms with Crippen molar-refractivity contribution >= 4 is 53.6 Å². The summed E-state index contributed by atoms with van der Waals surface area (Å²) in [6, 6.07) is 24.6. The summed E-state index contributed by atoms with van der Waals surface area (Å²) < 4.78 is 2.75. The Hall–Kier alpha value is -2.16. The van der Waals surface area contributed by atoms with Crippen LogP contribution in [0.5, 0.6) is 0 Å². The average molecular weight is 330 g/mol. The summed E-state index contributed by atoms with van der Waals surface area (Å²) in [7, 11) is 0. The molecule has 0 fully saturated rings. The molecule has 23 heavy (non-hydrogen) atoms. The minimum atomic E-state index is 1.30. The van der Waals surface area contributed by atoms with Gasteiger partial charge in [0.2, 0.25) is 0 Å². The van der Waals surface area contributed by atoms with Crippen LogP contribution in [0.25, 0.3) is 41.4 Å². The molecular weight excluding hydrogens is 316 g/mol. The number of fused-ring (bicyclic) bond motifs is 3. The van der Waals surface area contributed by atoms with Gasteiger partial charge in [0.15, 0.2) is 0 Å². The van der Waals surface area contributed by atoms with E-state index in [1.807, 2.05) is 22.7 Å². The topological polar surface area (TPSA) is 0 Å². The molecule has 3 aromatic carbocycles. The first-order chi connectivity index (χ1) is 11.3. The molecule has 0 amide bonds. The molecule has 2 heterocycles. The van der Waals surface area contributed by atoms with E-state index in [0.717, 1.165) is 0 Å². The van der Waals surface area contributed by atoms with Crippen molar-refractivity contribution in [2.45, 2.75) is 6.92 Å². The van der Waals surface area contributed by atoms with Gasteiger partial charge in [0.25, 0.3) is 0 Å². The van der Waals surface area contributed by atoms with E-state index < -0.39 is 0 Å². The second kappa shape index (κ2) is 4.92. The maximum absolute atomic E-state index is 2.34. The highest BCUT2D eigenvalue weighted by Crippen LogP contribution is 2.37. The van der Waals surface area contributed by atoms with Crippen LogP contribution in [0.4, 0.5) is 0 Å². The second-order valence-corrected chi connectivity index (χ2v) is 8.33. The van der Waals surface area contributed by atoms with Gasteiger partial charge in [-0.15, -0.1) is 22.7 Å². The van der Waals surface area contributed by atoms with Crippen molar-refractivity contribution in [1.82, 2.24) is 0 Å². The molecule has 2 aromatic heterocycles. The third-order valence-corrected chi connectivity index (χ3v) is 6.45. The Morgan fingerprint density at radius 1 is 0.609 bits per heavy atom. The van der Waals surface area contributed by atoms with E-state index in [1.54, 1.807) is 0 Å². The van der Waals surface area contributed by atoms with Crippen LogP contribution >= 0.6 is 22.7 Å². The number of thiophene rings is 2. The maximum Gasteiger partial charge on any atom is 0.0355 e. The van der Waals surface area contributed by atoms with Crippen molar-refractivity contribution in [3.63, 3.8) is 0 Å². The van der Waals surface area contributed by atoms with Gasteiger partial charge < -0.3 is 0 Å². The highest BCUT2D eigenvalue weighted by atomic mass is 32.1. The fourth-order valence-electron chi connectivity index (χ4n) is 3.20. The molecule has 0 saturated heterocycles. The zero-order chi connectivity index (χ0) is 15.4. The fourth-order valence-corrected chi connectivity index (χ4v) is 5.25. The van der Waals surface area contributed by atoms with E-state index >= 15 is 0 Å². The predicted octanol–water partition coefficient (Wildman–Crippen LogP) is 7.24. The SMILES string of the molecule is Cc1cc2cc3cc4cc(-c5ccccc5)sc4cc3cc2s1. The van der Waals surface area contributed by atoms with E-state index in [2.05, 4.69) is 73.7 Å². The van der Waals surface area contributed by atoms with Crippen LogP contribution in [-0.2, 0) is 0 Å². The van der Waals surface area contributed by atoms with Gasteiger partial charge in [-0.2, -0.15) is 0 Å². The Balaban J connectivity index is 1.77. The molecule has 0 nitrogen and oxygen atoms in total. The highest BCUT2D eigenvalue weighted by molar-refractivity contribution is 7.22. The van der Waals surface area contributed by atoms with Crippen LogP contribution in [-0.4, -0.2) is 0 Å². The van der Waals surface area contributed by atoms with E-state index in [1.165, 1.54) is 46.3 Å². The van der Waals surface area contributed by atoms with Gasteiger partial charge in [0, 0.05) is 19.2 Å². The Morgan fingerprint density at radius 3 is 2.04 bits per heavy atom. The van der Waals surface area contributed by atoms with Crippen molar-refractivity contribution in [3.8, 4) is 10.4 Å². The minimum Gasteiger partial charge on any atom is -0.141 e. The molecule has 0 aliphatic carbocycles. The number of aryl methyl sites for hydroxylation is 1. The van der Waals surface area contributed by atoms with E-state index in [4.69, 9.17) is 0 Å². The highest BCUT2D eigenvalue weighted by Gasteiger charge is 2.07. The van der Waals surface area contributed by atoms with Crippen LogP contribution in [0, 0.1) is 6.92 Å². The first-order valence-corrected chi connectivity index (χ1v) is 9.32. The lowest BCUT2D eigenvalue weighted by molar-refractivity contribution is 1.66. The summed E-state index contributed by atoms with van der Waals surface area (Å²) in [5.41, 5.74) is 1.30. The zero-order valence-corrected chi connectivity index (χ0v) is 14.3. The van der Waals surface area contributed by atoms with Crippen molar-refractivity contribution in [3.05, 3.63) is 71.6 Å². The van der Waals surface area contributed by atoms with Gasteiger partial charge in [-0.1, -0.05) is 30.3 Å². The van der Waals surface area contributed by atoms with Crippen molar-refractivity contribution in [1.29, 1.82) is 0 Å². The van der Waals surface area contributed by atoms with Gasteiger partial charge in [0.1, 0.15) is 0 Å². The third-order valence-electron chi connectivity index (χ3n) is 4.29. The Kier molecular flexibility index (Phi) is 2.84. The Morgan fingerprint density at radius 2 is 1.26 bits per heavy atom. The van der Waals surface area contributed by atoms with Crippen LogP contribution in [0.15, 0.2) is 66.7 Å². The normalized spacial score (nSPS) is 11.7. The molecule has 0 bridgehead atoms. The van der Waals surface area contributed by atoms with Crippen molar-refractivity contribution < 1.29 is 0 Å². The van der Waals surface area contributed by atoms with Crippen LogP contribution in [0.2, 0.25) is 0 Å². The predicted molar refractivity (Wildman–Crippen MR) is 105 cm³/mol. The maximum atomic E-state index is 2.34. The van der Waals surface area contributed by atoms with E-state index in [-0.39, 0.29) is 0 Å². The van der Waals surface area contributed by atoms with E-state index in [9.17, 15) is 0 Å². The first kappa shape index (κ1) is 13.3. The van der Waals surface area contributed by atoms with Crippen LogP contribution in [0.1, 0.15) is 4.88 Å². The lowest BCUT2D eigenvalue weighted by atomic mass is 10.1. The van der Waals surface area contributed by atoms with E-state index in [0.29, 0.717) is 0 Å². The van der Waals surface area contributed by atoms with Crippen LogP contribution < -0.4 is 0 Å². The molecule has 5 aromatic rings. The standard InChI is InChI=1S/C21H14S2/c1-13-7-17-8-15-9-18-12-19(14-5-3-2-4-6-14)23-21(18)11-16(15)10-20(17)22-13/h2-12H,1H3. The summed E-state index contributed by atoms with van der Waals surface area (Å²) >= 11 is 3.76. The van der Waals surface area contributed by atoms with Gasteiger partial charge >= 0.3 is 0 Å². The minimum absolute atomic E-state index is 1.30. The molecular formula is C21H14S2. The number of hydrogen-bond donors (Lipinski definition) is 0. The largest absolute Gasteiger partial charge is 0.141 e. The Bertz CT molecular complexity index is 1090. The van der Waals surface area contributed by atoms with Gasteiger partial charge in [0.05, 0.1) is 0 Å². The second-order valence-electron chi connectivity index (χ2n) is 5.96. The van der Waals surface area contributed by atoms with Gasteiger partial charge in [-0.05, 0) is 70.4 Å². The lowest BCUT2D eigenvalue weighted by Gasteiger charge is -1.99. The molecule has 0 atom stereocenters. The molecule has 110 valence electrons. The fraction of sp³-hybridized carbons (Fsp3) is 0.0476. The van der Waals surface area contributed by atoms with Gasteiger partial charge in [-0.3, -0.25) is 0 Å². The number of benzene rings is 3. The quantitative estimate of drug-likeness (QED) is 0.304. The molecule has 0 saturated carbocycles. The summed E-state index contributed by atoms with van der Waals surface area (Å²) in [5, 5.41) is 5.37. The lowest BCUT2D eigenvalue weighted by Crippen LogP contribution is -1.72. The molecule has 0 unspecified atom stereocenters. The molecule has 0 aliphatic heterocycles. The number of hydrogen-bond acceptors (Lipinski definition) is 2. The molecule has 2 heteroatoms. The first-order valence-electron chi connectivity index (χ1n) is 7.69. The average Bonchev–Trinajstić information content (AvgIpc) is 3.12. The molecule has 0 spiro atoms. The summed E-state index contributed by atoms with van der Waals surface area (Å²) in [4.78, 5) is 2.72. The van der Waals surface area contributed by atoms with Crippen LogP contribution in [0.3, 0.4) is 0 Å².